The van der Waals surface area contributed by atoms with Crippen molar-refractivity contribution in [1.29, 1.82) is 0 Å². The van der Waals surface area contributed by atoms with Crippen LogP contribution in [0.1, 0.15) is 42.7 Å². The summed E-state index contributed by atoms with van der Waals surface area (Å²) in [7, 11) is 0. The molecular weight excluding hydrogens is 288 g/mol. The van der Waals surface area contributed by atoms with Crippen LogP contribution >= 0.6 is 0 Å². The number of benzene rings is 1. The van der Waals surface area contributed by atoms with Crippen molar-refractivity contribution in [1.82, 2.24) is 15.3 Å². The smallest absolute Gasteiger partial charge is 0.270 e. The molecule has 0 spiro atoms. The number of rotatable bonds is 8. The standard InChI is InChI=1S/C18H24N4O/c1-3-10-22(11-4-2)17-12-16(20-14-21-17)18(23)19-13-15-8-6-5-7-9-15/h5-9,12,14H,3-4,10-11,13H2,1-2H3,(H,19,23). The van der Waals surface area contributed by atoms with Crippen LogP contribution in [0.15, 0.2) is 42.7 Å². The molecule has 2 aromatic rings. The van der Waals surface area contributed by atoms with Crippen molar-refractivity contribution in [2.45, 2.75) is 33.2 Å². The molecule has 23 heavy (non-hydrogen) atoms. The van der Waals surface area contributed by atoms with Gasteiger partial charge in [0.05, 0.1) is 0 Å². The maximum absolute atomic E-state index is 12.3. The summed E-state index contributed by atoms with van der Waals surface area (Å²) in [6.45, 7) is 6.62. The van der Waals surface area contributed by atoms with Gasteiger partial charge in [-0.3, -0.25) is 4.79 Å². The summed E-state index contributed by atoms with van der Waals surface area (Å²) in [6, 6.07) is 11.6. The highest BCUT2D eigenvalue weighted by molar-refractivity contribution is 5.92. The Labute approximate surface area is 137 Å². The van der Waals surface area contributed by atoms with Crippen molar-refractivity contribution < 1.29 is 4.79 Å². The van der Waals surface area contributed by atoms with E-state index in [9.17, 15) is 4.79 Å². The topological polar surface area (TPSA) is 58.1 Å². The number of nitrogens with zero attached hydrogens (tertiary/aromatic N) is 3. The second-order valence-electron chi connectivity index (χ2n) is 5.42. The lowest BCUT2D eigenvalue weighted by atomic mass is 10.2. The number of hydrogen-bond acceptors (Lipinski definition) is 4. The van der Waals surface area contributed by atoms with Crippen molar-refractivity contribution >= 4 is 11.7 Å². The summed E-state index contributed by atoms with van der Waals surface area (Å²) < 4.78 is 0. The number of nitrogens with one attached hydrogen (secondary N) is 1. The number of carbonyl (C=O) groups is 1. The van der Waals surface area contributed by atoms with Gasteiger partial charge in [0, 0.05) is 25.7 Å². The van der Waals surface area contributed by atoms with E-state index >= 15 is 0 Å². The second-order valence-corrected chi connectivity index (χ2v) is 5.42. The molecule has 1 N–H and O–H groups in total. The normalized spacial score (nSPS) is 10.3. The number of hydrogen-bond donors (Lipinski definition) is 1. The first kappa shape index (κ1) is 16.9. The zero-order valence-corrected chi connectivity index (χ0v) is 13.8. The molecule has 1 aromatic heterocycles. The van der Waals surface area contributed by atoms with Crippen molar-refractivity contribution in [2.75, 3.05) is 18.0 Å². The zero-order valence-electron chi connectivity index (χ0n) is 13.8. The van der Waals surface area contributed by atoms with E-state index in [4.69, 9.17) is 0 Å². The summed E-state index contributed by atoms with van der Waals surface area (Å²) >= 11 is 0. The molecule has 1 aromatic carbocycles. The molecule has 0 aliphatic rings. The van der Waals surface area contributed by atoms with Gasteiger partial charge in [0.15, 0.2) is 0 Å². The van der Waals surface area contributed by atoms with Gasteiger partial charge in [-0.1, -0.05) is 44.2 Å². The van der Waals surface area contributed by atoms with Crippen LogP contribution in [-0.4, -0.2) is 29.0 Å². The molecule has 0 saturated heterocycles. The van der Waals surface area contributed by atoms with Gasteiger partial charge < -0.3 is 10.2 Å². The highest BCUT2D eigenvalue weighted by Crippen LogP contribution is 2.12. The lowest BCUT2D eigenvalue weighted by molar-refractivity contribution is 0.0945. The first-order chi connectivity index (χ1) is 11.2. The van der Waals surface area contributed by atoms with Gasteiger partial charge in [-0.25, -0.2) is 9.97 Å². The van der Waals surface area contributed by atoms with Crippen LogP contribution in [0.5, 0.6) is 0 Å². The van der Waals surface area contributed by atoms with Gasteiger partial charge in [-0.05, 0) is 18.4 Å². The van der Waals surface area contributed by atoms with Crippen LogP contribution in [0.2, 0.25) is 0 Å². The molecule has 1 amide bonds. The third-order valence-corrected chi connectivity index (χ3v) is 3.49. The summed E-state index contributed by atoms with van der Waals surface area (Å²) in [5, 5.41) is 2.90. The van der Waals surface area contributed by atoms with E-state index in [-0.39, 0.29) is 5.91 Å². The minimum absolute atomic E-state index is 0.176. The fraction of sp³-hybridized carbons (Fsp3) is 0.389. The molecule has 0 unspecified atom stereocenters. The Balaban J connectivity index is 2.04. The lowest BCUT2D eigenvalue weighted by Crippen LogP contribution is -2.28. The zero-order chi connectivity index (χ0) is 16.5. The van der Waals surface area contributed by atoms with Crippen LogP contribution in [0, 0.1) is 0 Å². The fourth-order valence-corrected chi connectivity index (χ4v) is 2.39. The Bertz CT molecular complexity index is 609. The van der Waals surface area contributed by atoms with Gasteiger partial charge in [0.25, 0.3) is 5.91 Å². The maximum Gasteiger partial charge on any atom is 0.270 e. The molecule has 5 heteroatoms. The van der Waals surface area contributed by atoms with Gasteiger partial charge in [0.2, 0.25) is 0 Å². The van der Waals surface area contributed by atoms with Gasteiger partial charge in [0.1, 0.15) is 17.8 Å². The van der Waals surface area contributed by atoms with E-state index in [0.717, 1.165) is 37.3 Å². The molecule has 0 aliphatic carbocycles. The Morgan fingerprint density at radius 3 is 2.43 bits per heavy atom. The van der Waals surface area contributed by atoms with Crippen LogP contribution in [0.25, 0.3) is 0 Å². The van der Waals surface area contributed by atoms with Crippen LogP contribution in [-0.2, 0) is 6.54 Å². The number of carbonyl (C=O) groups excluding carboxylic acids is 1. The van der Waals surface area contributed by atoms with E-state index < -0.39 is 0 Å². The molecule has 2 rings (SSSR count). The minimum Gasteiger partial charge on any atom is -0.357 e. The highest BCUT2D eigenvalue weighted by atomic mass is 16.1. The minimum atomic E-state index is -0.176. The van der Waals surface area contributed by atoms with Gasteiger partial charge in [-0.2, -0.15) is 0 Å². The number of amides is 1. The first-order valence-electron chi connectivity index (χ1n) is 8.13. The molecule has 0 saturated carbocycles. The summed E-state index contributed by atoms with van der Waals surface area (Å²) in [5.74, 6) is 0.638. The third-order valence-electron chi connectivity index (χ3n) is 3.49. The predicted octanol–water partition coefficient (Wildman–Crippen LogP) is 3.03. The van der Waals surface area contributed by atoms with Crippen molar-refractivity contribution in [3.8, 4) is 0 Å². The molecule has 0 radical (unpaired) electrons. The monoisotopic (exact) mass is 312 g/mol. The number of aromatic nitrogens is 2. The molecule has 0 fully saturated rings. The molecule has 5 nitrogen and oxygen atoms in total. The van der Waals surface area contributed by atoms with Crippen LogP contribution in [0.4, 0.5) is 5.82 Å². The van der Waals surface area contributed by atoms with Gasteiger partial charge >= 0.3 is 0 Å². The highest BCUT2D eigenvalue weighted by Gasteiger charge is 2.12. The van der Waals surface area contributed by atoms with Gasteiger partial charge in [-0.15, -0.1) is 0 Å². The second kappa shape index (κ2) is 8.88. The lowest BCUT2D eigenvalue weighted by Gasteiger charge is -2.22. The summed E-state index contributed by atoms with van der Waals surface area (Å²) in [4.78, 5) is 22.9. The Morgan fingerprint density at radius 1 is 1.09 bits per heavy atom. The Hall–Kier alpha value is -2.43. The molecule has 0 aliphatic heterocycles. The van der Waals surface area contributed by atoms with E-state index in [1.807, 2.05) is 30.3 Å². The average molecular weight is 312 g/mol. The number of anilines is 1. The Kier molecular flexibility index (Phi) is 6.54. The van der Waals surface area contributed by atoms with E-state index in [1.54, 1.807) is 6.07 Å². The maximum atomic E-state index is 12.3. The van der Waals surface area contributed by atoms with Crippen molar-refractivity contribution in [3.63, 3.8) is 0 Å². The largest absolute Gasteiger partial charge is 0.357 e. The quantitative estimate of drug-likeness (QED) is 0.814. The van der Waals surface area contributed by atoms with E-state index in [1.165, 1.54) is 6.33 Å². The fourth-order valence-electron chi connectivity index (χ4n) is 2.39. The molecule has 0 bridgehead atoms. The SMILES string of the molecule is CCCN(CCC)c1cc(C(=O)NCc2ccccc2)ncn1. The molecule has 122 valence electrons. The summed E-state index contributed by atoms with van der Waals surface area (Å²) in [6.07, 6.45) is 3.55. The van der Waals surface area contributed by atoms with Crippen molar-refractivity contribution in [3.05, 3.63) is 54.0 Å². The first-order valence-corrected chi connectivity index (χ1v) is 8.13. The van der Waals surface area contributed by atoms with Crippen molar-refractivity contribution in [2.24, 2.45) is 0 Å². The average Bonchev–Trinajstić information content (AvgIpc) is 2.60. The molecule has 1 heterocycles. The molecular formula is C18H24N4O. The predicted molar refractivity (Wildman–Crippen MR) is 92.4 cm³/mol. The van der Waals surface area contributed by atoms with Crippen LogP contribution < -0.4 is 10.2 Å². The third kappa shape index (κ3) is 5.06. The summed E-state index contributed by atoms with van der Waals surface area (Å²) in [5.41, 5.74) is 1.47. The van der Waals surface area contributed by atoms with Crippen LogP contribution in [0.3, 0.4) is 0 Å². The molecule has 0 atom stereocenters. The Morgan fingerprint density at radius 2 is 1.78 bits per heavy atom. The van der Waals surface area contributed by atoms with E-state index in [0.29, 0.717) is 12.2 Å². The van der Waals surface area contributed by atoms with E-state index in [2.05, 4.69) is 34.0 Å².